The first-order chi connectivity index (χ1) is 7.77. The summed E-state index contributed by atoms with van der Waals surface area (Å²) in [6.07, 6.45) is 1.83. The Balaban J connectivity index is 1.97. The summed E-state index contributed by atoms with van der Waals surface area (Å²) in [5.74, 6) is -0.156. The van der Waals surface area contributed by atoms with Crippen molar-refractivity contribution in [2.45, 2.75) is 0 Å². The molecule has 4 heteroatoms. The minimum Gasteiger partial charge on any atom is -0.347 e. The fraction of sp³-hybridized carbons (Fsp3) is 0.0833. The van der Waals surface area contributed by atoms with Gasteiger partial charge in [-0.05, 0) is 24.3 Å². The third-order valence-corrected chi connectivity index (χ3v) is 2.27. The maximum Gasteiger partial charge on any atom is 0.286 e. The molecule has 0 aliphatic carbocycles. The van der Waals surface area contributed by atoms with E-state index in [0.29, 0.717) is 5.69 Å². The third-order valence-electron chi connectivity index (χ3n) is 2.27. The smallest absolute Gasteiger partial charge is 0.286 e. The van der Waals surface area contributed by atoms with E-state index < -0.39 is 0 Å². The molecule has 1 aromatic heterocycles. The van der Waals surface area contributed by atoms with Crippen LogP contribution in [0, 0.1) is 0 Å². The molecule has 0 aliphatic rings. The number of nitrogens with one attached hydrogen (secondary N) is 2. The first-order valence-electron chi connectivity index (χ1n) is 5.00. The average Bonchev–Trinajstić information content (AvgIpc) is 2.74. The number of aromatic nitrogens is 1. The van der Waals surface area contributed by atoms with Crippen molar-refractivity contribution in [2.24, 2.45) is 7.05 Å². The molecular weight excluding hydrogens is 202 g/mol. The Hall–Kier alpha value is -2.23. The molecule has 2 aromatic rings. The fourth-order valence-corrected chi connectivity index (χ4v) is 1.41. The van der Waals surface area contributed by atoms with Gasteiger partial charge in [-0.25, -0.2) is 0 Å². The van der Waals surface area contributed by atoms with Crippen molar-refractivity contribution in [1.29, 1.82) is 0 Å². The first-order valence-corrected chi connectivity index (χ1v) is 5.00. The second kappa shape index (κ2) is 4.53. The lowest BCUT2D eigenvalue weighted by molar-refractivity contribution is 0.0954. The van der Waals surface area contributed by atoms with Gasteiger partial charge in [0.25, 0.3) is 5.91 Å². The van der Waals surface area contributed by atoms with Crippen LogP contribution in [0.15, 0.2) is 48.7 Å². The summed E-state index contributed by atoms with van der Waals surface area (Å²) in [5, 5.41) is 0. The zero-order valence-corrected chi connectivity index (χ0v) is 8.97. The van der Waals surface area contributed by atoms with Gasteiger partial charge in [0.05, 0.1) is 5.69 Å². The Morgan fingerprint density at radius 1 is 1.12 bits per heavy atom. The Bertz CT molecular complexity index is 476. The first kappa shape index (κ1) is 10.3. The molecule has 0 bridgehead atoms. The van der Waals surface area contributed by atoms with Gasteiger partial charge in [0.1, 0.15) is 5.69 Å². The minimum absolute atomic E-state index is 0.156. The van der Waals surface area contributed by atoms with Crippen molar-refractivity contribution >= 4 is 11.6 Å². The van der Waals surface area contributed by atoms with Crippen LogP contribution in [0.5, 0.6) is 0 Å². The highest BCUT2D eigenvalue weighted by Crippen LogP contribution is 2.04. The zero-order valence-electron chi connectivity index (χ0n) is 8.97. The Morgan fingerprint density at radius 3 is 2.50 bits per heavy atom. The molecule has 0 radical (unpaired) electrons. The number of nitrogens with zero attached hydrogens (tertiary/aromatic N) is 1. The number of hydrogen-bond donors (Lipinski definition) is 2. The second-order valence-electron chi connectivity index (χ2n) is 3.45. The van der Waals surface area contributed by atoms with Crippen molar-refractivity contribution in [2.75, 3.05) is 5.43 Å². The van der Waals surface area contributed by atoms with Crippen LogP contribution in [0.3, 0.4) is 0 Å². The number of hydrogen-bond acceptors (Lipinski definition) is 2. The number of benzene rings is 1. The minimum atomic E-state index is -0.156. The van der Waals surface area contributed by atoms with Crippen LogP contribution in [0.25, 0.3) is 0 Å². The zero-order chi connectivity index (χ0) is 11.4. The van der Waals surface area contributed by atoms with E-state index in [2.05, 4.69) is 10.9 Å². The molecule has 16 heavy (non-hydrogen) atoms. The van der Waals surface area contributed by atoms with Gasteiger partial charge in [0.15, 0.2) is 0 Å². The summed E-state index contributed by atoms with van der Waals surface area (Å²) in [7, 11) is 1.83. The summed E-state index contributed by atoms with van der Waals surface area (Å²) in [5.41, 5.74) is 6.95. The molecule has 0 atom stereocenters. The molecule has 1 heterocycles. The van der Waals surface area contributed by atoms with Gasteiger partial charge in [-0.1, -0.05) is 18.2 Å². The predicted octanol–water partition coefficient (Wildman–Crippen LogP) is 1.78. The van der Waals surface area contributed by atoms with E-state index in [1.807, 2.05) is 49.6 Å². The van der Waals surface area contributed by atoms with Crippen molar-refractivity contribution in [3.05, 3.63) is 54.4 Å². The summed E-state index contributed by atoms with van der Waals surface area (Å²) in [6.45, 7) is 0. The van der Waals surface area contributed by atoms with Gasteiger partial charge < -0.3 is 4.57 Å². The van der Waals surface area contributed by atoms with Crippen LogP contribution in [-0.2, 0) is 7.05 Å². The van der Waals surface area contributed by atoms with E-state index in [0.717, 1.165) is 5.69 Å². The van der Waals surface area contributed by atoms with Crippen molar-refractivity contribution in [1.82, 2.24) is 9.99 Å². The summed E-state index contributed by atoms with van der Waals surface area (Å²) >= 11 is 0. The highest BCUT2D eigenvalue weighted by atomic mass is 16.2. The number of carbonyl (C=O) groups is 1. The van der Waals surface area contributed by atoms with Crippen molar-refractivity contribution in [3.63, 3.8) is 0 Å². The largest absolute Gasteiger partial charge is 0.347 e. The van der Waals surface area contributed by atoms with Crippen molar-refractivity contribution < 1.29 is 4.79 Å². The van der Waals surface area contributed by atoms with Gasteiger partial charge in [-0.2, -0.15) is 0 Å². The van der Waals surface area contributed by atoms with Crippen LogP contribution in [0.2, 0.25) is 0 Å². The highest BCUT2D eigenvalue weighted by Gasteiger charge is 2.07. The third kappa shape index (κ3) is 2.23. The molecule has 1 aromatic carbocycles. The maximum atomic E-state index is 11.7. The highest BCUT2D eigenvalue weighted by molar-refractivity contribution is 5.93. The van der Waals surface area contributed by atoms with E-state index in [4.69, 9.17) is 0 Å². The summed E-state index contributed by atoms with van der Waals surface area (Å²) in [6, 6.07) is 13.1. The van der Waals surface area contributed by atoms with Gasteiger partial charge in [0.2, 0.25) is 0 Å². The normalized spacial score (nSPS) is 9.81. The molecule has 0 saturated carbocycles. The Morgan fingerprint density at radius 2 is 1.88 bits per heavy atom. The number of aryl methyl sites for hydroxylation is 1. The molecule has 0 saturated heterocycles. The molecule has 0 fully saturated rings. The van der Waals surface area contributed by atoms with Gasteiger partial charge in [-0.3, -0.25) is 15.6 Å². The molecule has 1 amide bonds. The van der Waals surface area contributed by atoms with Crippen LogP contribution in [0.4, 0.5) is 5.69 Å². The monoisotopic (exact) mass is 215 g/mol. The molecule has 0 spiro atoms. The number of hydrazine groups is 1. The Labute approximate surface area is 93.9 Å². The molecule has 4 nitrogen and oxygen atoms in total. The van der Waals surface area contributed by atoms with Crippen LogP contribution < -0.4 is 10.9 Å². The SMILES string of the molecule is Cn1cccc1C(=O)NNc1ccccc1. The van der Waals surface area contributed by atoms with Gasteiger partial charge >= 0.3 is 0 Å². The van der Waals surface area contributed by atoms with Crippen molar-refractivity contribution in [3.8, 4) is 0 Å². The molecule has 82 valence electrons. The number of carbonyl (C=O) groups excluding carboxylic acids is 1. The predicted molar refractivity (Wildman–Crippen MR) is 62.9 cm³/mol. The van der Waals surface area contributed by atoms with E-state index in [1.165, 1.54) is 0 Å². The maximum absolute atomic E-state index is 11.7. The average molecular weight is 215 g/mol. The van der Waals surface area contributed by atoms with Crippen LogP contribution >= 0.6 is 0 Å². The molecule has 0 unspecified atom stereocenters. The topological polar surface area (TPSA) is 46.1 Å². The lowest BCUT2D eigenvalue weighted by Crippen LogP contribution is -2.30. The summed E-state index contributed by atoms with van der Waals surface area (Å²) in [4.78, 5) is 11.7. The van der Waals surface area contributed by atoms with E-state index in [-0.39, 0.29) is 5.91 Å². The van der Waals surface area contributed by atoms with Crippen LogP contribution in [0.1, 0.15) is 10.5 Å². The van der Waals surface area contributed by atoms with Crippen LogP contribution in [-0.4, -0.2) is 10.5 Å². The quantitative estimate of drug-likeness (QED) is 0.767. The standard InChI is InChI=1S/C12H13N3O/c1-15-9-5-8-11(15)12(16)14-13-10-6-3-2-4-7-10/h2-9,13H,1H3,(H,14,16). The molecule has 0 aliphatic heterocycles. The molecular formula is C12H13N3O. The molecule has 2 N–H and O–H groups in total. The lowest BCUT2D eigenvalue weighted by Gasteiger charge is -2.08. The van der Waals surface area contributed by atoms with Gasteiger partial charge in [-0.15, -0.1) is 0 Å². The fourth-order valence-electron chi connectivity index (χ4n) is 1.41. The number of para-hydroxylation sites is 1. The number of anilines is 1. The lowest BCUT2D eigenvalue weighted by atomic mass is 10.3. The summed E-state index contributed by atoms with van der Waals surface area (Å²) < 4.78 is 1.77. The van der Waals surface area contributed by atoms with E-state index >= 15 is 0 Å². The number of rotatable bonds is 3. The van der Waals surface area contributed by atoms with E-state index in [9.17, 15) is 4.79 Å². The molecule has 2 rings (SSSR count). The Kier molecular flexibility index (Phi) is 2.91. The van der Waals surface area contributed by atoms with E-state index in [1.54, 1.807) is 10.6 Å². The number of amides is 1. The second-order valence-corrected chi connectivity index (χ2v) is 3.45. The van der Waals surface area contributed by atoms with Gasteiger partial charge in [0, 0.05) is 13.2 Å².